The zero-order chi connectivity index (χ0) is 13.0. The Morgan fingerprint density at radius 1 is 1.44 bits per heavy atom. The van der Waals surface area contributed by atoms with Crippen LogP contribution in [0.4, 0.5) is 0 Å². The minimum Gasteiger partial charge on any atom is -0.350 e. The number of pyridine rings is 1. The van der Waals surface area contributed by atoms with Gasteiger partial charge in [-0.2, -0.15) is 0 Å². The predicted octanol–water partition coefficient (Wildman–Crippen LogP) is 1.92. The first kappa shape index (κ1) is 13.0. The summed E-state index contributed by atoms with van der Waals surface area (Å²) in [6.45, 7) is 1.98. The van der Waals surface area contributed by atoms with Crippen LogP contribution in [-0.2, 0) is 4.79 Å². The third kappa shape index (κ3) is 3.29. The fourth-order valence-corrected chi connectivity index (χ4v) is 2.60. The standard InChI is InChI=1S/C14H21N3O/c1-11(12-4-8-16-9-5-12)17-13(18)10-14(15)6-2-3-7-14/h4-5,8-9,11H,2-3,6-7,10,15H2,1H3,(H,17,18)/t11-/m0/s1. The molecule has 1 saturated carbocycles. The maximum absolute atomic E-state index is 12.0. The molecule has 0 saturated heterocycles. The van der Waals surface area contributed by atoms with Crippen LogP contribution in [0, 0.1) is 0 Å². The lowest BCUT2D eigenvalue weighted by molar-refractivity contribution is -0.122. The molecule has 1 aliphatic carbocycles. The van der Waals surface area contributed by atoms with Crippen LogP contribution in [0.3, 0.4) is 0 Å². The second-order valence-corrected chi connectivity index (χ2v) is 5.32. The highest BCUT2D eigenvalue weighted by Crippen LogP contribution is 2.30. The van der Waals surface area contributed by atoms with Crippen molar-refractivity contribution in [2.45, 2.75) is 50.6 Å². The Labute approximate surface area is 108 Å². The van der Waals surface area contributed by atoms with E-state index in [-0.39, 0.29) is 17.5 Å². The monoisotopic (exact) mass is 247 g/mol. The first-order valence-electron chi connectivity index (χ1n) is 6.57. The summed E-state index contributed by atoms with van der Waals surface area (Å²) < 4.78 is 0. The number of aromatic nitrogens is 1. The van der Waals surface area contributed by atoms with Crippen molar-refractivity contribution in [1.82, 2.24) is 10.3 Å². The maximum Gasteiger partial charge on any atom is 0.222 e. The van der Waals surface area contributed by atoms with Crippen molar-refractivity contribution in [1.29, 1.82) is 0 Å². The molecule has 3 N–H and O–H groups in total. The van der Waals surface area contributed by atoms with Crippen molar-refractivity contribution >= 4 is 5.91 Å². The molecule has 1 heterocycles. The molecule has 1 aromatic rings. The zero-order valence-electron chi connectivity index (χ0n) is 10.9. The molecule has 1 aromatic heterocycles. The molecule has 98 valence electrons. The second-order valence-electron chi connectivity index (χ2n) is 5.32. The normalized spacial score (nSPS) is 19.4. The van der Waals surface area contributed by atoms with E-state index in [1.807, 2.05) is 19.1 Å². The molecule has 4 nitrogen and oxygen atoms in total. The Morgan fingerprint density at radius 2 is 2.06 bits per heavy atom. The van der Waals surface area contributed by atoms with Gasteiger partial charge in [-0.1, -0.05) is 12.8 Å². The van der Waals surface area contributed by atoms with E-state index >= 15 is 0 Å². The highest BCUT2D eigenvalue weighted by atomic mass is 16.1. The summed E-state index contributed by atoms with van der Waals surface area (Å²) in [4.78, 5) is 15.9. The summed E-state index contributed by atoms with van der Waals surface area (Å²) in [7, 11) is 0. The van der Waals surface area contributed by atoms with Crippen molar-refractivity contribution < 1.29 is 4.79 Å². The van der Waals surface area contributed by atoms with Crippen molar-refractivity contribution in [2.75, 3.05) is 0 Å². The number of amides is 1. The predicted molar refractivity (Wildman–Crippen MR) is 70.8 cm³/mol. The van der Waals surface area contributed by atoms with Gasteiger partial charge in [0.2, 0.25) is 5.91 Å². The van der Waals surface area contributed by atoms with Crippen molar-refractivity contribution in [2.24, 2.45) is 5.73 Å². The van der Waals surface area contributed by atoms with E-state index in [4.69, 9.17) is 5.73 Å². The summed E-state index contributed by atoms with van der Waals surface area (Å²) in [5, 5.41) is 3.00. The van der Waals surface area contributed by atoms with Gasteiger partial charge in [0, 0.05) is 24.4 Å². The largest absolute Gasteiger partial charge is 0.350 e. The number of carbonyl (C=O) groups excluding carboxylic acids is 1. The molecule has 0 aliphatic heterocycles. The third-order valence-electron chi connectivity index (χ3n) is 3.70. The first-order valence-corrected chi connectivity index (χ1v) is 6.57. The van der Waals surface area contributed by atoms with Crippen LogP contribution in [0.15, 0.2) is 24.5 Å². The van der Waals surface area contributed by atoms with Crippen molar-refractivity contribution in [3.63, 3.8) is 0 Å². The van der Waals surface area contributed by atoms with E-state index < -0.39 is 0 Å². The molecule has 0 aromatic carbocycles. The van der Waals surface area contributed by atoms with Gasteiger partial charge in [-0.15, -0.1) is 0 Å². The lowest BCUT2D eigenvalue weighted by Gasteiger charge is -2.24. The molecule has 2 rings (SSSR count). The fourth-order valence-electron chi connectivity index (χ4n) is 2.60. The summed E-state index contributed by atoms with van der Waals surface area (Å²) in [6, 6.07) is 3.84. The van der Waals surface area contributed by atoms with Gasteiger partial charge in [-0.25, -0.2) is 0 Å². The molecule has 18 heavy (non-hydrogen) atoms. The minimum atomic E-state index is -0.276. The molecule has 1 atom stereocenters. The van der Waals surface area contributed by atoms with Gasteiger partial charge in [-0.3, -0.25) is 9.78 Å². The van der Waals surface area contributed by atoms with Crippen LogP contribution in [0.5, 0.6) is 0 Å². The first-order chi connectivity index (χ1) is 8.59. The number of carbonyl (C=O) groups is 1. The quantitative estimate of drug-likeness (QED) is 0.854. The SMILES string of the molecule is C[C@H](NC(=O)CC1(N)CCCC1)c1ccncc1. The molecule has 0 spiro atoms. The van der Waals surface area contributed by atoms with E-state index in [1.54, 1.807) is 12.4 Å². The summed E-state index contributed by atoms with van der Waals surface area (Å²) >= 11 is 0. The number of rotatable bonds is 4. The van der Waals surface area contributed by atoms with Crippen LogP contribution in [-0.4, -0.2) is 16.4 Å². The second kappa shape index (κ2) is 5.48. The molecular weight excluding hydrogens is 226 g/mol. The molecule has 0 radical (unpaired) electrons. The van der Waals surface area contributed by atoms with Crippen molar-refractivity contribution in [3.8, 4) is 0 Å². The van der Waals surface area contributed by atoms with E-state index in [2.05, 4.69) is 10.3 Å². The average molecular weight is 247 g/mol. The van der Waals surface area contributed by atoms with Crippen LogP contribution in [0.1, 0.15) is 50.6 Å². The van der Waals surface area contributed by atoms with Crippen molar-refractivity contribution in [3.05, 3.63) is 30.1 Å². The van der Waals surface area contributed by atoms with Gasteiger partial charge < -0.3 is 11.1 Å². The highest BCUT2D eigenvalue weighted by Gasteiger charge is 2.31. The van der Waals surface area contributed by atoms with Crippen LogP contribution < -0.4 is 11.1 Å². The van der Waals surface area contributed by atoms with Gasteiger partial charge in [0.25, 0.3) is 0 Å². The smallest absolute Gasteiger partial charge is 0.222 e. The number of nitrogens with two attached hydrogens (primary N) is 1. The number of nitrogens with one attached hydrogen (secondary N) is 1. The third-order valence-corrected chi connectivity index (χ3v) is 3.70. The lowest BCUT2D eigenvalue weighted by Crippen LogP contribution is -2.42. The Balaban J connectivity index is 1.88. The fraction of sp³-hybridized carbons (Fsp3) is 0.571. The van der Waals surface area contributed by atoms with Gasteiger partial charge in [0.15, 0.2) is 0 Å². The van der Waals surface area contributed by atoms with E-state index in [0.29, 0.717) is 6.42 Å². The Kier molecular flexibility index (Phi) is 3.97. The van der Waals surface area contributed by atoms with Gasteiger partial charge in [0.05, 0.1) is 6.04 Å². The number of hydrogen-bond donors (Lipinski definition) is 2. The Morgan fingerprint density at radius 3 is 2.67 bits per heavy atom. The molecule has 1 amide bonds. The molecule has 0 bridgehead atoms. The molecule has 0 unspecified atom stereocenters. The van der Waals surface area contributed by atoms with Crippen LogP contribution >= 0.6 is 0 Å². The van der Waals surface area contributed by atoms with Gasteiger partial charge in [-0.05, 0) is 37.5 Å². The summed E-state index contributed by atoms with van der Waals surface area (Å²) in [6.07, 6.45) is 8.11. The summed E-state index contributed by atoms with van der Waals surface area (Å²) in [5.41, 5.74) is 6.99. The zero-order valence-corrected chi connectivity index (χ0v) is 10.9. The van der Waals surface area contributed by atoms with Gasteiger partial charge in [0.1, 0.15) is 0 Å². The van der Waals surface area contributed by atoms with E-state index in [0.717, 1.165) is 31.2 Å². The average Bonchev–Trinajstić information content (AvgIpc) is 2.76. The summed E-state index contributed by atoms with van der Waals surface area (Å²) in [5.74, 6) is 0.0451. The van der Waals surface area contributed by atoms with Gasteiger partial charge >= 0.3 is 0 Å². The topological polar surface area (TPSA) is 68.0 Å². The highest BCUT2D eigenvalue weighted by molar-refractivity contribution is 5.77. The molecule has 4 heteroatoms. The number of nitrogens with zero attached hydrogens (tertiary/aromatic N) is 1. The Hall–Kier alpha value is -1.42. The number of hydrogen-bond acceptors (Lipinski definition) is 3. The molecule has 1 aliphatic rings. The molecular formula is C14H21N3O. The minimum absolute atomic E-state index is 0.00510. The maximum atomic E-state index is 12.0. The molecule has 1 fully saturated rings. The van der Waals surface area contributed by atoms with E-state index in [9.17, 15) is 4.79 Å². The van der Waals surface area contributed by atoms with E-state index in [1.165, 1.54) is 0 Å². The van der Waals surface area contributed by atoms with Crippen LogP contribution in [0.2, 0.25) is 0 Å². The Bertz CT molecular complexity index is 399. The van der Waals surface area contributed by atoms with Crippen LogP contribution in [0.25, 0.3) is 0 Å². The lowest BCUT2D eigenvalue weighted by atomic mass is 9.94.